The molecule has 1 aromatic carbocycles. The number of rotatable bonds is 4. The summed E-state index contributed by atoms with van der Waals surface area (Å²) in [6, 6.07) is 7.70. The molecular formula is C16H25NO. The van der Waals surface area contributed by atoms with Crippen LogP contribution in [0.15, 0.2) is 24.3 Å². The van der Waals surface area contributed by atoms with Crippen LogP contribution in [0.5, 0.6) is 5.75 Å². The van der Waals surface area contributed by atoms with Crippen molar-refractivity contribution in [3.05, 3.63) is 29.8 Å². The Labute approximate surface area is 110 Å². The molecule has 0 aromatic heterocycles. The van der Waals surface area contributed by atoms with Gasteiger partial charge in [0.2, 0.25) is 0 Å². The van der Waals surface area contributed by atoms with Crippen LogP contribution in [0, 0.1) is 0 Å². The van der Waals surface area contributed by atoms with E-state index in [1.165, 1.54) is 44.1 Å². The van der Waals surface area contributed by atoms with Gasteiger partial charge in [0.1, 0.15) is 5.75 Å². The van der Waals surface area contributed by atoms with Crippen LogP contribution in [0.25, 0.3) is 0 Å². The van der Waals surface area contributed by atoms with Gasteiger partial charge in [0, 0.05) is 5.54 Å². The summed E-state index contributed by atoms with van der Waals surface area (Å²) in [5.41, 5.74) is 1.61. The number of hydrogen-bond acceptors (Lipinski definition) is 2. The molecule has 2 N–H and O–H groups in total. The van der Waals surface area contributed by atoms with Gasteiger partial charge in [-0.1, -0.05) is 38.3 Å². The highest BCUT2D eigenvalue weighted by molar-refractivity contribution is 5.27. The summed E-state index contributed by atoms with van der Waals surface area (Å²) in [7, 11) is 0. The molecular weight excluding hydrogens is 222 g/mol. The lowest BCUT2D eigenvalue weighted by molar-refractivity contribution is 0.288. The minimum absolute atomic E-state index is 0.280. The van der Waals surface area contributed by atoms with Gasteiger partial charge in [0.25, 0.3) is 0 Å². The Morgan fingerprint density at radius 1 is 1.17 bits per heavy atom. The van der Waals surface area contributed by atoms with E-state index in [9.17, 15) is 5.11 Å². The van der Waals surface area contributed by atoms with Crippen LogP contribution in [-0.4, -0.2) is 17.2 Å². The van der Waals surface area contributed by atoms with Crippen molar-refractivity contribution in [2.75, 3.05) is 6.54 Å². The van der Waals surface area contributed by atoms with Crippen molar-refractivity contribution in [2.24, 2.45) is 0 Å². The second-order valence-electron chi connectivity index (χ2n) is 5.61. The van der Waals surface area contributed by atoms with Crippen molar-refractivity contribution in [3.8, 4) is 5.75 Å². The lowest BCUT2D eigenvalue weighted by Crippen LogP contribution is -2.46. The van der Waals surface area contributed by atoms with Crippen LogP contribution in [0.1, 0.15) is 51.0 Å². The van der Waals surface area contributed by atoms with Crippen molar-refractivity contribution in [1.82, 2.24) is 5.32 Å². The zero-order chi connectivity index (χ0) is 12.8. The third-order valence-corrected chi connectivity index (χ3v) is 4.04. The van der Waals surface area contributed by atoms with E-state index in [4.69, 9.17) is 0 Å². The number of hydrogen-bond donors (Lipinski definition) is 2. The van der Waals surface area contributed by atoms with Crippen molar-refractivity contribution < 1.29 is 5.11 Å². The Bertz CT molecular complexity index is 350. The molecule has 2 rings (SSSR count). The van der Waals surface area contributed by atoms with E-state index in [-0.39, 0.29) is 5.54 Å². The molecule has 0 bridgehead atoms. The topological polar surface area (TPSA) is 32.3 Å². The van der Waals surface area contributed by atoms with Gasteiger partial charge in [-0.2, -0.15) is 0 Å². The van der Waals surface area contributed by atoms with Crippen molar-refractivity contribution in [2.45, 2.75) is 57.4 Å². The SMILES string of the molecule is CCCC1(Cc2ccc(O)cc2)CCCCCN1. The summed E-state index contributed by atoms with van der Waals surface area (Å²) >= 11 is 0. The molecule has 0 amide bonds. The van der Waals surface area contributed by atoms with Gasteiger partial charge in [-0.25, -0.2) is 0 Å². The van der Waals surface area contributed by atoms with E-state index in [1.807, 2.05) is 0 Å². The zero-order valence-electron chi connectivity index (χ0n) is 11.4. The lowest BCUT2D eigenvalue weighted by atomic mass is 9.83. The van der Waals surface area contributed by atoms with Gasteiger partial charge >= 0.3 is 0 Å². The molecule has 2 nitrogen and oxygen atoms in total. The number of aromatic hydroxyl groups is 1. The molecule has 1 fully saturated rings. The summed E-state index contributed by atoms with van der Waals surface area (Å²) in [6.45, 7) is 3.42. The molecule has 1 aliphatic heterocycles. The molecule has 1 heterocycles. The molecule has 1 saturated heterocycles. The van der Waals surface area contributed by atoms with E-state index < -0.39 is 0 Å². The van der Waals surface area contributed by atoms with Gasteiger partial charge in [-0.3, -0.25) is 0 Å². The third-order valence-electron chi connectivity index (χ3n) is 4.04. The van der Waals surface area contributed by atoms with E-state index >= 15 is 0 Å². The van der Waals surface area contributed by atoms with E-state index in [1.54, 1.807) is 12.1 Å². The Kier molecular flexibility index (Phi) is 4.65. The first-order valence-corrected chi connectivity index (χ1v) is 7.27. The Morgan fingerprint density at radius 3 is 2.67 bits per heavy atom. The van der Waals surface area contributed by atoms with Gasteiger partial charge in [0.05, 0.1) is 0 Å². The number of benzene rings is 1. The van der Waals surface area contributed by atoms with Gasteiger partial charge < -0.3 is 10.4 Å². The maximum Gasteiger partial charge on any atom is 0.115 e. The lowest BCUT2D eigenvalue weighted by Gasteiger charge is -2.34. The van der Waals surface area contributed by atoms with Crippen LogP contribution < -0.4 is 5.32 Å². The number of phenolic OH excluding ortho intramolecular Hbond substituents is 1. The highest BCUT2D eigenvalue weighted by Gasteiger charge is 2.29. The first-order chi connectivity index (χ1) is 8.74. The quantitative estimate of drug-likeness (QED) is 0.851. The van der Waals surface area contributed by atoms with Crippen LogP contribution in [-0.2, 0) is 6.42 Å². The molecule has 0 spiro atoms. The van der Waals surface area contributed by atoms with Crippen molar-refractivity contribution in [3.63, 3.8) is 0 Å². The average molecular weight is 247 g/mol. The molecule has 2 heteroatoms. The number of nitrogens with one attached hydrogen (secondary N) is 1. The minimum atomic E-state index is 0.280. The fraction of sp³-hybridized carbons (Fsp3) is 0.625. The van der Waals surface area contributed by atoms with Gasteiger partial charge in [-0.15, -0.1) is 0 Å². The monoisotopic (exact) mass is 247 g/mol. The second kappa shape index (κ2) is 6.24. The molecule has 0 saturated carbocycles. The smallest absolute Gasteiger partial charge is 0.115 e. The molecule has 100 valence electrons. The maximum atomic E-state index is 9.36. The first kappa shape index (κ1) is 13.4. The third kappa shape index (κ3) is 3.49. The van der Waals surface area contributed by atoms with Gasteiger partial charge in [0.15, 0.2) is 0 Å². The minimum Gasteiger partial charge on any atom is -0.508 e. The van der Waals surface area contributed by atoms with E-state index in [0.717, 1.165) is 13.0 Å². The fourth-order valence-corrected chi connectivity index (χ4v) is 3.14. The Hall–Kier alpha value is -1.02. The summed E-state index contributed by atoms with van der Waals surface area (Å²) in [4.78, 5) is 0. The highest BCUT2D eigenvalue weighted by atomic mass is 16.3. The van der Waals surface area contributed by atoms with Crippen LogP contribution in [0.4, 0.5) is 0 Å². The van der Waals surface area contributed by atoms with E-state index in [0.29, 0.717) is 5.75 Å². The predicted octanol–water partition coefficient (Wildman–Crippen LogP) is 3.64. The molecule has 0 aliphatic carbocycles. The molecule has 18 heavy (non-hydrogen) atoms. The Morgan fingerprint density at radius 2 is 1.94 bits per heavy atom. The average Bonchev–Trinajstić information content (AvgIpc) is 2.59. The maximum absolute atomic E-state index is 9.36. The highest BCUT2D eigenvalue weighted by Crippen LogP contribution is 2.28. The van der Waals surface area contributed by atoms with E-state index in [2.05, 4.69) is 24.4 Å². The zero-order valence-corrected chi connectivity index (χ0v) is 11.4. The Balaban J connectivity index is 2.11. The first-order valence-electron chi connectivity index (χ1n) is 7.27. The van der Waals surface area contributed by atoms with Crippen molar-refractivity contribution >= 4 is 0 Å². The van der Waals surface area contributed by atoms with Crippen LogP contribution in [0.3, 0.4) is 0 Å². The molecule has 0 radical (unpaired) electrons. The summed E-state index contributed by atoms with van der Waals surface area (Å²) in [6.07, 6.45) is 8.84. The fourth-order valence-electron chi connectivity index (χ4n) is 3.14. The second-order valence-corrected chi connectivity index (χ2v) is 5.61. The van der Waals surface area contributed by atoms with Crippen molar-refractivity contribution in [1.29, 1.82) is 0 Å². The normalized spacial score (nSPS) is 24.7. The molecule has 1 aliphatic rings. The molecule has 1 aromatic rings. The standard InChI is InChI=1S/C16H25NO/c1-2-10-16(11-4-3-5-12-17-16)13-14-6-8-15(18)9-7-14/h6-9,17-18H,2-5,10-13H2,1H3. The molecule has 1 atom stereocenters. The summed E-state index contributed by atoms with van der Waals surface area (Å²) in [5.74, 6) is 0.358. The summed E-state index contributed by atoms with van der Waals surface area (Å²) in [5, 5.41) is 13.2. The number of phenols is 1. The predicted molar refractivity (Wildman–Crippen MR) is 75.9 cm³/mol. The largest absolute Gasteiger partial charge is 0.508 e. The molecule has 1 unspecified atom stereocenters. The van der Waals surface area contributed by atoms with Crippen LogP contribution >= 0.6 is 0 Å². The van der Waals surface area contributed by atoms with Gasteiger partial charge in [-0.05, 0) is 49.9 Å². The summed E-state index contributed by atoms with van der Waals surface area (Å²) < 4.78 is 0. The van der Waals surface area contributed by atoms with Crippen LogP contribution in [0.2, 0.25) is 0 Å².